The molecule has 1 aromatic carbocycles. The summed E-state index contributed by atoms with van der Waals surface area (Å²) in [5.41, 5.74) is 2.95. The quantitative estimate of drug-likeness (QED) is 0.605. The summed E-state index contributed by atoms with van der Waals surface area (Å²) in [7, 11) is 0. The first-order valence-electron chi connectivity index (χ1n) is 7.14. The van der Waals surface area contributed by atoms with Crippen molar-refractivity contribution >= 4 is 22.5 Å². The van der Waals surface area contributed by atoms with Gasteiger partial charge in [0.15, 0.2) is 0 Å². The van der Waals surface area contributed by atoms with Crippen molar-refractivity contribution in [1.29, 1.82) is 0 Å². The highest BCUT2D eigenvalue weighted by Crippen LogP contribution is 2.13. The third kappa shape index (κ3) is 3.60. The van der Waals surface area contributed by atoms with Gasteiger partial charge in [0.2, 0.25) is 5.91 Å². The van der Waals surface area contributed by atoms with Gasteiger partial charge in [-0.3, -0.25) is 14.9 Å². The molecule has 0 aliphatic rings. The molecule has 112 valence electrons. The van der Waals surface area contributed by atoms with Crippen LogP contribution in [0.5, 0.6) is 0 Å². The molecule has 0 saturated heterocycles. The van der Waals surface area contributed by atoms with E-state index < -0.39 is 0 Å². The van der Waals surface area contributed by atoms with E-state index in [1.807, 2.05) is 30.3 Å². The molecule has 3 N–H and O–H groups in total. The topological polar surface area (TPSA) is 82.7 Å². The number of fused-ring (bicyclic) bond motifs is 1. The Morgan fingerprint density at radius 3 is 2.86 bits per heavy atom. The number of carbonyl (C=O) groups excluding carboxylic acids is 1. The van der Waals surface area contributed by atoms with E-state index in [2.05, 4.69) is 25.8 Å². The molecule has 3 rings (SSSR count). The van der Waals surface area contributed by atoms with Crippen LogP contribution in [0.3, 0.4) is 0 Å². The van der Waals surface area contributed by atoms with Gasteiger partial charge in [-0.2, -0.15) is 5.10 Å². The molecule has 0 fully saturated rings. The number of nitrogens with zero attached hydrogens (tertiary/aromatic N) is 2. The predicted octanol–water partition coefficient (Wildman–Crippen LogP) is 1.73. The minimum absolute atomic E-state index is 0.0133. The number of rotatable bonds is 6. The number of hydrogen-bond donors (Lipinski definition) is 3. The maximum Gasteiger partial charge on any atom is 0.224 e. The highest BCUT2D eigenvalue weighted by molar-refractivity contribution is 5.82. The third-order valence-electron chi connectivity index (χ3n) is 3.33. The van der Waals surface area contributed by atoms with Gasteiger partial charge >= 0.3 is 0 Å². The molecular formula is C16H17N5O. The van der Waals surface area contributed by atoms with Crippen molar-refractivity contribution in [3.63, 3.8) is 0 Å². The zero-order chi connectivity index (χ0) is 15.2. The van der Waals surface area contributed by atoms with E-state index in [0.717, 1.165) is 22.2 Å². The molecule has 1 amide bonds. The Balaban J connectivity index is 1.44. The number of H-pyrrole nitrogens is 1. The van der Waals surface area contributed by atoms with Gasteiger partial charge in [0.1, 0.15) is 0 Å². The van der Waals surface area contributed by atoms with Crippen LogP contribution in [0.25, 0.3) is 10.9 Å². The Labute approximate surface area is 128 Å². The Bertz CT molecular complexity index is 753. The number of amides is 1. The molecule has 2 aromatic heterocycles. The van der Waals surface area contributed by atoms with E-state index in [1.54, 1.807) is 18.6 Å². The largest absolute Gasteiger partial charge is 0.383 e. The van der Waals surface area contributed by atoms with Crippen molar-refractivity contribution in [3.8, 4) is 0 Å². The van der Waals surface area contributed by atoms with Crippen molar-refractivity contribution in [1.82, 2.24) is 20.5 Å². The molecule has 0 saturated carbocycles. The molecule has 0 unspecified atom stereocenters. The third-order valence-corrected chi connectivity index (χ3v) is 3.33. The number of anilines is 1. The Kier molecular flexibility index (Phi) is 4.29. The van der Waals surface area contributed by atoms with E-state index >= 15 is 0 Å². The molecular weight excluding hydrogens is 278 g/mol. The lowest BCUT2D eigenvalue weighted by molar-refractivity contribution is -0.120. The minimum Gasteiger partial charge on any atom is -0.383 e. The van der Waals surface area contributed by atoms with Crippen LogP contribution in [-0.4, -0.2) is 34.2 Å². The first-order chi connectivity index (χ1) is 10.8. The monoisotopic (exact) mass is 295 g/mol. The lowest BCUT2D eigenvalue weighted by Gasteiger charge is -2.08. The van der Waals surface area contributed by atoms with Gasteiger partial charge in [-0.25, -0.2) is 0 Å². The number of nitrogens with one attached hydrogen (secondary N) is 3. The van der Waals surface area contributed by atoms with Crippen molar-refractivity contribution < 1.29 is 4.79 Å². The van der Waals surface area contributed by atoms with Crippen molar-refractivity contribution in [2.45, 2.75) is 6.42 Å². The van der Waals surface area contributed by atoms with Gasteiger partial charge in [0, 0.05) is 36.6 Å². The summed E-state index contributed by atoms with van der Waals surface area (Å²) < 4.78 is 0. The molecule has 6 heteroatoms. The number of aromatic nitrogens is 3. The zero-order valence-electron chi connectivity index (χ0n) is 12.0. The van der Waals surface area contributed by atoms with E-state index in [9.17, 15) is 4.79 Å². The average Bonchev–Trinajstić information content (AvgIpc) is 3.00. The number of aromatic amines is 1. The fraction of sp³-hybridized carbons (Fsp3) is 0.188. The van der Waals surface area contributed by atoms with Gasteiger partial charge < -0.3 is 10.6 Å². The van der Waals surface area contributed by atoms with Crippen molar-refractivity contribution in [2.24, 2.45) is 0 Å². The maximum absolute atomic E-state index is 11.9. The predicted molar refractivity (Wildman–Crippen MR) is 85.5 cm³/mol. The molecule has 0 aliphatic carbocycles. The average molecular weight is 295 g/mol. The molecule has 0 bridgehead atoms. The maximum atomic E-state index is 11.9. The lowest BCUT2D eigenvalue weighted by atomic mass is 10.1. The van der Waals surface area contributed by atoms with Crippen LogP contribution in [0.2, 0.25) is 0 Å². The highest BCUT2D eigenvalue weighted by atomic mass is 16.1. The van der Waals surface area contributed by atoms with Crippen molar-refractivity contribution in [3.05, 3.63) is 54.5 Å². The standard InChI is InChI=1S/C16H17N5O/c22-16(19-8-7-18-14-3-5-17-6-4-14)10-12-1-2-15-13(9-12)11-20-21-15/h1-6,9,11H,7-8,10H2,(H,17,18)(H,19,22)(H,20,21). The first kappa shape index (κ1) is 14.1. The molecule has 0 radical (unpaired) electrons. The molecule has 3 aromatic rings. The first-order valence-corrected chi connectivity index (χ1v) is 7.14. The number of hydrogen-bond acceptors (Lipinski definition) is 4. The fourth-order valence-corrected chi connectivity index (χ4v) is 2.23. The number of pyridine rings is 1. The lowest BCUT2D eigenvalue weighted by Crippen LogP contribution is -2.30. The van der Waals surface area contributed by atoms with E-state index in [0.29, 0.717) is 19.5 Å². The van der Waals surface area contributed by atoms with Gasteiger partial charge in [-0.15, -0.1) is 0 Å². The molecule has 0 atom stereocenters. The van der Waals surface area contributed by atoms with E-state index in [1.165, 1.54) is 0 Å². The van der Waals surface area contributed by atoms with Gasteiger partial charge in [0.25, 0.3) is 0 Å². The summed E-state index contributed by atoms with van der Waals surface area (Å²) in [6.07, 6.45) is 5.59. The summed E-state index contributed by atoms with van der Waals surface area (Å²) in [6.45, 7) is 1.26. The summed E-state index contributed by atoms with van der Waals surface area (Å²) in [5, 5.41) is 14.0. The summed E-state index contributed by atoms with van der Waals surface area (Å²) in [6, 6.07) is 9.64. The van der Waals surface area contributed by atoms with E-state index in [-0.39, 0.29) is 5.91 Å². The summed E-state index contributed by atoms with van der Waals surface area (Å²) in [4.78, 5) is 15.9. The smallest absolute Gasteiger partial charge is 0.224 e. The normalized spacial score (nSPS) is 10.5. The van der Waals surface area contributed by atoms with E-state index in [4.69, 9.17) is 0 Å². The van der Waals surface area contributed by atoms with Crippen LogP contribution in [0.1, 0.15) is 5.56 Å². The number of benzene rings is 1. The second-order valence-electron chi connectivity index (χ2n) is 4.98. The Morgan fingerprint density at radius 1 is 1.14 bits per heavy atom. The summed E-state index contributed by atoms with van der Waals surface area (Å²) in [5.74, 6) is 0.0133. The minimum atomic E-state index is 0.0133. The number of carbonyl (C=O) groups is 1. The van der Waals surface area contributed by atoms with Gasteiger partial charge in [-0.05, 0) is 29.8 Å². The molecule has 0 spiro atoms. The SMILES string of the molecule is O=C(Cc1ccc2[nH]ncc2c1)NCCNc1ccncc1. The fourth-order valence-electron chi connectivity index (χ4n) is 2.23. The second-order valence-corrected chi connectivity index (χ2v) is 4.98. The van der Waals surface area contributed by atoms with Crippen LogP contribution < -0.4 is 10.6 Å². The second kappa shape index (κ2) is 6.71. The van der Waals surface area contributed by atoms with Crippen molar-refractivity contribution in [2.75, 3.05) is 18.4 Å². The molecule has 22 heavy (non-hydrogen) atoms. The molecule has 6 nitrogen and oxygen atoms in total. The highest BCUT2D eigenvalue weighted by Gasteiger charge is 2.04. The van der Waals surface area contributed by atoms with Crippen LogP contribution >= 0.6 is 0 Å². The van der Waals surface area contributed by atoms with Crippen LogP contribution in [0.4, 0.5) is 5.69 Å². The molecule has 2 heterocycles. The molecule has 0 aliphatic heterocycles. The summed E-state index contributed by atoms with van der Waals surface area (Å²) >= 11 is 0. The zero-order valence-corrected chi connectivity index (χ0v) is 12.0. The van der Waals surface area contributed by atoms with Gasteiger partial charge in [-0.1, -0.05) is 6.07 Å². The van der Waals surface area contributed by atoms with Crippen LogP contribution in [0, 0.1) is 0 Å². The van der Waals surface area contributed by atoms with Crippen LogP contribution in [0.15, 0.2) is 48.9 Å². The van der Waals surface area contributed by atoms with Gasteiger partial charge in [0.05, 0.1) is 18.1 Å². The Morgan fingerprint density at radius 2 is 2.00 bits per heavy atom. The Hall–Kier alpha value is -2.89. The van der Waals surface area contributed by atoms with Crippen LogP contribution in [-0.2, 0) is 11.2 Å².